The molecule has 0 bridgehead atoms. The molecule has 5 nitrogen and oxygen atoms in total. The van der Waals surface area contributed by atoms with E-state index in [-0.39, 0.29) is 15.7 Å². The number of nitrogens with one attached hydrogen (secondary N) is 2. The van der Waals surface area contributed by atoms with E-state index >= 15 is 0 Å². The summed E-state index contributed by atoms with van der Waals surface area (Å²) >= 11 is 16.9. The number of carbonyl (C=O) groups excluding carboxylic acids is 1. The Balaban J connectivity index is 2.03. The number of anilines is 1. The fourth-order valence-corrected chi connectivity index (χ4v) is 2.60. The van der Waals surface area contributed by atoms with Gasteiger partial charge in [-0.15, -0.1) is 0 Å². The molecule has 3 N–H and O–H groups in total. The van der Waals surface area contributed by atoms with Gasteiger partial charge in [0.1, 0.15) is 0 Å². The first-order valence-corrected chi connectivity index (χ1v) is 8.10. The molecular weight excluding hydrogens is 383 g/mol. The van der Waals surface area contributed by atoms with Crippen molar-refractivity contribution in [3.63, 3.8) is 0 Å². The van der Waals surface area contributed by atoms with Crippen molar-refractivity contribution in [3.05, 3.63) is 69.7 Å². The molecule has 8 heteroatoms. The van der Waals surface area contributed by atoms with Gasteiger partial charge in [-0.3, -0.25) is 10.1 Å². The second-order valence-corrected chi connectivity index (χ2v) is 6.08. The summed E-state index contributed by atoms with van der Waals surface area (Å²) in [6.45, 7) is 0. The molecule has 0 aliphatic carbocycles. The van der Waals surface area contributed by atoms with Crippen LogP contribution >= 0.6 is 35.4 Å². The van der Waals surface area contributed by atoms with Crippen LogP contribution in [0.15, 0.2) is 48.5 Å². The van der Waals surface area contributed by atoms with Crippen LogP contribution in [0.2, 0.25) is 10.0 Å². The Morgan fingerprint density at radius 2 is 1.88 bits per heavy atom. The number of amides is 1. The van der Waals surface area contributed by atoms with E-state index in [1.807, 2.05) is 0 Å². The summed E-state index contributed by atoms with van der Waals surface area (Å²) < 4.78 is 0. The Kier molecular flexibility index (Phi) is 6.52. The fourth-order valence-electron chi connectivity index (χ4n) is 1.89. The Morgan fingerprint density at radius 3 is 2.56 bits per heavy atom. The van der Waals surface area contributed by atoms with Crippen molar-refractivity contribution in [1.82, 2.24) is 5.32 Å². The Hall–Kier alpha value is -2.41. The lowest BCUT2D eigenvalue weighted by atomic mass is 10.2. The second kappa shape index (κ2) is 8.62. The number of rotatable bonds is 4. The van der Waals surface area contributed by atoms with Gasteiger partial charge in [-0.1, -0.05) is 35.3 Å². The lowest BCUT2D eigenvalue weighted by Crippen LogP contribution is -2.34. The van der Waals surface area contributed by atoms with Crippen molar-refractivity contribution in [2.75, 3.05) is 5.32 Å². The van der Waals surface area contributed by atoms with Crippen LogP contribution in [0.1, 0.15) is 15.9 Å². The van der Waals surface area contributed by atoms with Crippen molar-refractivity contribution in [1.29, 1.82) is 0 Å². The number of aliphatic carboxylic acids is 1. The van der Waals surface area contributed by atoms with E-state index in [2.05, 4.69) is 10.6 Å². The molecule has 2 aromatic rings. The fraction of sp³-hybridized carbons (Fsp3) is 0. The zero-order chi connectivity index (χ0) is 18.4. The molecule has 128 valence electrons. The summed E-state index contributed by atoms with van der Waals surface area (Å²) in [4.78, 5) is 22.7. The molecule has 0 unspecified atom stereocenters. The SMILES string of the molecule is O=C(O)/C=C/c1cccc(NC(=S)NC(=O)c2ccc(Cl)cc2Cl)c1. The zero-order valence-corrected chi connectivity index (χ0v) is 15.0. The molecule has 0 atom stereocenters. The van der Waals surface area contributed by atoms with Gasteiger partial charge < -0.3 is 10.4 Å². The molecule has 1 amide bonds. The number of carbonyl (C=O) groups is 2. The van der Waals surface area contributed by atoms with E-state index in [4.69, 9.17) is 40.5 Å². The third-order valence-corrected chi connectivity index (χ3v) is 3.72. The van der Waals surface area contributed by atoms with Crippen LogP contribution in [-0.4, -0.2) is 22.1 Å². The highest BCUT2D eigenvalue weighted by Gasteiger charge is 2.12. The maximum atomic E-state index is 12.2. The molecule has 0 radical (unpaired) electrons. The lowest BCUT2D eigenvalue weighted by molar-refractivity contribution is -0.131. The van der Waals surface area contributed by atoms with Crippen LogP contribution in [0.4, 0.5) is 5.69 Å². The second-order valence-electron chi connectivity index (χ2n) is 4.83. The zero-order valence-electron chi connectivity index (χ0n) is 12.6. The van der Waals surface area contributed by atoms with Crippen molar-refractivity contribution in [3.8, 4) is 0 Å². The molecule has 0 spiro atoms. The van der Waals surface area contributed by atoms with E-state index in [0.29, 0.717) is 16.3 Å². The maximum Gasteiger partial charge on any atom is 0.328 e. The highest BCUT2D eigenvalue weighted by molar-refractivity contribution is 7.80. The minimum absolute atomic E-state index is 0.0791. The average Bonchev–Trinajstić information content (AvgIpc) is 2.53. The first kappa shape index (κ1) is 18.9. The number of carboxylic acid groups (broad SMARTS) is 1. The van der Waals surface area contributed by atoms with Crippen LogP contribution in [-0.2, 0) is 4.79 Å². The van der Waals surface area contributed by atoms with E-state index in [1.54, 1.807) is 30.3 Å². The molecule has 0 heterocycles. The summed E-state index contributed by atoms with van der Waals surface area (Å²) in [5, 5.41) is 14.7. The summed E-state index contributed by atoms with van der Waals surface area (Å²) in [7, 11) is 0. The highest BCUT2D eigenvalue weighted by Crippen LogP contribution is 2.21. The van der Waals surface area contributed by atoms with Gasteiger partial charge in [0.2, 0.25) is 0 Å². The molecule has 2 rings (SSSR count). The monoisotopic (exact) mass is 394 g/mol. The van der Waals surface area contributed by atoms with Gasteiger partial charge in [-0.25, -0.2) is 4.79 Å². The summed E-state index contributed by atoms with van der Waals surface area (Å²) in [6, 6.07) is 11.4. The minimum atomic E-state index is -1.04. The van der Waals surface area contributed by atoms with Crippen LogP contribution in [0.3, 0.4) is 0 Å². The Morgan fingerprint density at radius 1 is 1.12 bits per heavy atom. The van der Waals surface area contributed by atoms with Crippen molar-refractivity contribution < 1.29 is 14.7 Å². The van der Waals surface area contributed by atoms with Crippen LogP contribution < -0.4 is 10.6 Å². The van der Waals surface area contributed by atoms with Crippen LogP contribution in [0, 0.1) is 0 Å². The van der Waals surface area contributed by atoms with E-state index in [1.165, 1.54) is 18.2 Å². The van der Waals surface area contributed by atoms with Gasteiger partial charge >= 0.3 is 5.97 Å². The van der Waals surface area contributed by atoms with Gasteiger partial charge in [0, 0.05) is 16.8 Å². The van der Waals surface area contributed by atoms with Crippen molar-refractivity contribution >= 4 is 64.2 Å². The Labute approximate surface area is 159 Å². The van der Waals surface area contributed by atoms with Gasteiger partial charge in [-0.05, 0) is 54.2 Å². The van der Waals surface area contributed by atoms with Gasteiger partial charge in [0.05, 0.1) is 10.6 Å². The predicted octanol–water partition coefficient (Wildman–Crippen LogP) is 4.22. The molecule has 0 aromatic heterocycles. The smallest absolute Gasteiger partial charge is 0.328 e. The van der Waals surface area contributed by atoms with E-state index < -0.39 is 11.9 Å². The number of halogens is 2. The van der Waals surface area contributed by atoms with Gasteiger partial charge in [0.15, 0.2) is 5.11 Å². The molecule has 0 fully saturated rings. The topological polar surface area (TPSA) is 78.4 Å². The third kappa shape index (κ3) is 5.86. The molecule has 0 aliphatic heterocycles. The first-order chi connectivity index (χ1) is 11.8. The van der Waals surface area contributed by atoms with E-state index in [0.717, 1.165) is 6.08 Å². The molecule has 25 heavy (non-hydrogen) atoms. The molecule has 0 saturated carbocycles. The highest BCUT2D eigenvalue weighted by atomic mass is 35.5. The number of benzene rings is 2. The number of thiocarbonyl (C=S) groups is 1. The third-order valence-electron chi connectivity index (χ3n) is 2.97. The number of hydrogen-bond donors (Lipinski definition) is 3. The lowest BCUT2D eigenvalue weighted by Gasteiger charge is -2.11. The largest absolute Gasteiger partial charge is 0.478 e. The normalized spacial score (nSPS) is 10.5. The van der Waals surface area contributed by atoms with Crippen molar-refractivity contribution in [2.24, 2.45) is 0 Å². The quantitative estimate of drug-likeness (QED) is 0.534. The van der Waals surface area contributed by atoms with Crippen molar-refractivity contribution in [2.45, 2.75) is 0 Å². The molecule has 0 saturated heterocycles. The van der Waals surface area contributed by atoms with Gasteiger partial charge in [0.25, 0.3) is 5.91 Å². The summed E-state index contributed by atoms with van der Waals surface area (Å²) in [6.07, 6.45) is 2.48. The number of hydrogen-bond acceptors (Lipinski definition) is 3. The Bertz CT molecular complexity index is 869. The van der Waals surface area contributed by atoms with E-state index in [9.17, 15) is 9.59 Å². The summed E-state index contributed by atoms with van der Waals surface area (Å²) in [5.41, 5.74) is 1.51. The van der Waals surface area contributed by atoms with Gasteiger partial charge in [-0.2, -0.15) is 0 Å². The van der Waals surface area contributed by atoms with Crippen LogP contribution in [0.25, 0.3) is 6.08 Å². The van der Waals surface area contributed by atoms with Crippen LogP contribution in [0.5, 0.6) is 0 Å². The first-order valence-electron chi connectivity index (χ1n) is 6.93. The standard InChI is InChI=1S/C17H12Cl2N2O3S/c18-11-5-6-13(14(19)9-11)16(24)21-17(25)20-12-3-1-2-10(8-12)4-7-15(22)23/h1-9H,(H,22,23)(H2,20,21,24,25)/b7-4+. The maximum absolute atomic E-state index is 12.2. The molecule has 0 aliphatic rings. The average molecular weight is 395 g/mol. The predicted molar refractivity (Wildman–Crippen MR) is 103 cm³/mol. The minimum Gasteiger partial charge on any atom is -0.478 e. The molecular formula is C17H12Cl2N2O3S. The number of carboxylic acids is 1. The summed E-state index contributed by atoms with van der Waals surface area (Å²) in [5.74, 6) is -1.51. The molecule has 2 aromatic carbocycles.